The summed E-state index contributed by atoms with van der Waals surface area (Å²) in [6, 6.07) is -1.58. The standard InChI is InChI=1S/C9H16N2O3/c1-3-5-7(9(13)14)11-8(12)6(10)4-2/h3,6-7H,1,4-5,10H2,2H3,(H,11,12)(H,13,14). The molecule has 5 heteroatoms. The summed E-state index contributed by atoms with van der Waals surface area (Å²) in [5.41, 5.74) is 5.43. The van der Waals surface area contributed by atoms with Crippen LogP contribution in [-0.4, -0.2) is 29.1 Å². The first-order valence-corrected chi connectivity index (χ1v) is 4.42. The molecule has 0 aliphatic heterocycles. The number of amides is 1. The highest BCUT2D eigenvalue weighted by Crippen LogP contribution is 1.95. The first-order valence-electron chi connectivity index (χ1n) is 4.42. The molecule has 0 radical (unpaired) electrons. The smallest absolute Gasteiger partial charge is 0.326 e. The second kappa shape index (κ2) is 6.15. The van der Waals surface area contributed by atoms with E-state index in [1.54, 1.807) is 6.92 Å². The average molecular weight is 200 g/mol. The maximum absolute atomic E-state index is 11.2. The van der Waals surface area contributed by atoms with Crippen molar-refractivity contribution in [2.45, 2.75) is 31.8 Å². The normalized spacial score (nSPS) is 14.1. The van der Waals surface area contributed by atoms with E-state index >= 15 is 0 Å². The van der Waals surface area contributed by atoms with Gasteiger partial charge in [0, 0.05) is 0 Å². The molecule has 5 nitrogen and oxygen atoms in total. The lowest BCUT2D eigenvalue weighted by molar-refractivity contribution is -0.141. The van der Waals surface area contributed by atoms with Gasteiger partial charge in [0.05, 0.1) is 6.04 Å². The van der Waals surface area contributed by atoms with Crippen LogP contribution in [0.1, 0.15) is 19.8 Å². The highest BCUT2D eigenvalue weighted by molar-refractivity contribution is 5.86. The van der Waals surface area contributed by atoms with E-state index in [0.29, 0.717) is 6.42 Å². The predicted octanol–water partition coefficient (Wildman–Crippen LogP) is -0.131. The molecule has 0 aromatic heterocycles. The van der Waals surface area contributed by atoms with Gasteiger partial charge in [0.1, 0.15) is 6.04 Å². The Morgan fingerprint density at radius 2 is 2.21 bits per heavy atom. The van der Waals surface area contributed by atoms with Crippen molar-refractivity contribution in [3.63, 3.8) is 0 Å². The first-order chi connectivity index (χ1) is 6.52. The predicted molar refractivity (Wildman–Crippen MR) is 52.6 cm³/mol. The van der Waals surface area contributed by atoms with Gasteiger partial charge in [-0.2, -0.15) is 0 Å². The van der Waals surface area contributed by atoms with Crippen molar-refractivity contribution in [2.24, 2.45) is 5.73 Å². The summed E-state index contributed by atoms with van der Waals surface area (Å²) in [4.78, 5) is 21.9. The van der Waals surface area contributed by atoms with Gasteiger partial charge < -0.3 is 16.2 Å². The number of carboxylic acids is 1. The Labute approximate surface area is 83.0 Å². The van der Waals surface area contributed by atoms with Gasteiger partial charge in [0.25, 0.3) is 0 Å². The van der Waals surface area contributed by atoms with Crippen LogP contribution in [0.15, 0.2) is 12.7 Å². The molecule has 0 spiro atoms. The molecule has 0 saturated heterocycles. The molecular formula is C9H16N2O3. The number of carbonyl (C=O) groups excluding carboxylic acids is 1. The van der Waals surface area contributed by atoms with E-state index in [0.717, 1.165) is 0 Å². The fourth-order valence-electron chi connectivity index (χ4n) is 0.852. The molecular weight excluding hydrogens is 184 g/mol. The summed E-state index contributed by atoms with van der Waals surface area (Å²) in [5, 5.41) is 11.0. The Morgan fingerprint density at radius 1 is 1.64 bits per heavy atom. The molecule has 0 rings (SSSR count). The second-order valence-electron chi connectivity index (χ2n) is 2.94. The van der Waals surface area contributed by atoms with Crippen LogP contribution in [0.4, 0.5) is 0 Å². The molecule has 0 aromatic rings. The Balaban J connectivity index is 4.22. The minimum absolute atomic E-state index is 0.192. The van der Waals surface area contributed by atoms with Gasteiger partial charge in [-0.1, -0.05) is 13.0 Å². The highest BCUT2D eigenvalue weighted by Gasteiger charge is 2.20. The molecule has 0 saturated carbocycles. The van der Waals surface area contributed by atoms with Gasteiger partial charge in [-0.25, -0.2) is 4.79 Å². The van der Waals surface area contributed by atoms with Crippen LogP contribution < -0.4 is 11.1 Å². The number of hydrogen-bond donors (Lipinski definition) is 3. The number of rotatable bonds is 6. The summed E-state index contributed by atoms with van der Waals surface area (Å²) in [6.07, 6.45) is 2.11. The lowest BCUT2D eigenvalue weighted by Crippen LogP contribution is -2.47. The number of aliphatic carboxylic acids is 1. The first kappa shape index (κ1) is 12.6. The molecule has 1 amide bonds. The third-order valence-corrected chi connectivity index (χ3v) is 1.79. The van der Waals surface area contributed by atoms with Crippen LogP contribution >= 0.6 is 0 Å². The van der Waals surface area contributed by atoms with E-state index in [1.165, 1.54) is 6.08 Å². The van der Waals surface area contributed by atoms with Gasteiger partial charge >= 0.3 is 5.97 Å². The van der Waals surface area contributed by atoms with Crippen molar-refractivity contribution < 1.29 is 14.7 Å². The monoisotopic (exact) mass is 200 g/mol. The van der Waals surface area contributed by atoms with Crippen LogP contribution in [0.3, 0.4) is 0 Å². The molecule has 2 unspecified atom stereocenters. The summed E-state index contributed by atoms with van der Waals surface area (Å²) < 4.78 is 0. The zero-order valence-electron chi connectivity index (χ0n) is 8.19. The van der Waals surface area contributed by atoms with Crippen LogP contribution in [0, 0.1) is 0 Å². The number of carboxylic acid groups (broad SMARTS) is 1. The van der Waals surface area contributed by atoms with Crippen LogP contribution in [0.25, 0.3) is 0 Å². The summed E-state index contributed by atoms with van der Waals surface area (Å²) in [7, 11) is 0. The van der Waals surface area contributed by atoms with Crippen molar-refractivity contribution in [1.82, 2.24) is 5.32 Å². The topological polar surface area (TPSA) is 92.4 Å². The Bertz CT molecular complexity index is 228. The van der Waals surface area contributed by atoms with Gasteiger partial charge in [-0.15, -0.1) is 6.58 Å². The second-order valence-corrected chi connectivity index (χ2v) is 2.94. The minimum Gasteiger partial charge on any atom is -0.480 e. The number of nitrogens with two attached hydrogens (primary N) is 1. The van der Waals surface area contributed by atoms with Crippen molar-refractivity contribution in [1.29, 1.82) is 0 Å². The van der Waals surface area contributed by atoms with Gasteiger partial charge in [-0.3, -0.25) is 4.79 Å². The number of carbonyl (C=O) groups is 2. The highest BCUT2D eigenvalue weighted by atomic mass is 16.4. The SMILES string of the molecule is C=CCC(NC(=O)C(N)CC)C(=O)O. The maximum Gasteiger partial charge on any atom is 0.326 e. The fraction of sp³-hybridized carbons (Fsp3) is 0.556. The van der Waals surface area contributed by atoms with E-state index in [2.05, 4.69) is 11.9 Å². The molecule has 0 bridgehead atoms. The molecule has 0 heterocycles. The van der Waals surface area contributed by atoms with Crippen LogP contribution in [-0.2, 0) is 9.59 Å². The summed E-state index contributed by atoms with van der Waals surface area (Å²) >= 11 is 0. The maximum atomic E-state index is 11.2. The average Bonchev–Trinajstić information content (AvgIpc) is 2.15. The largest absolute Gasteiger partial charge is 0.480 e. The van der Waals surface area contributed by atoms with E-state index in [4.69, 9.17) is 10.8 Å². The Morgan fingerprint density at radius 3 is 2.57 bits per heavy atom. The molecule has 0 aliphatic rings. The molecule has 14 heavy (non-hydrogen) atoms. The van der Waals surface area contributed by atoms with Gasteiger partial charge in [0.2, 0.25) is 5.91 Å². The fourth-order valence-corrected chi connectivity index (χ4v) is 0.852. The van der Waals surface area contributed by atoms with Gasteiger partial charge in [0.15, 0.2) is 0 Å². The Kier molecular flexibility index (Phi) is 5.55. The number of hydrogen-bond acceptors (Lipinski definition) is 3. The quantitative estimate of drug-likeness (QED) is 0.521. The van der Waals surface area contributed by atoms with Crippen molar-refractivity contribution in [3.8, 4) is 0 Å². The van der Waals surface area contributed by atoms with Crippen molar-refractivity contribution in [3.05, 3.63) is 12.7 Å². The van der Waals surface area contributed by atoms with E-state index in [9.17, 15) is 9.59 Å². The zero-order chi connectivity index (χ0) is 11.1. The zero-order valence-corrected chi connectivity index (χ0v) is 8.19. The summed E-state index contributed by atoms with van der Waals surface area (Å²) in [6.45, 7) is 5.17. The molecule has 0 fully saturated rings. The van der Waals surface area contributed by atoms with Crippen LogP contribution in [0.2, 0.25) is 0 Å². The molecule has 80 valence electrons. The van der Waals surface area contributed by atoms with E-state index in [-0.39, 0.29) is 6.42 Å². The third kappa shape index (κ3) is 4.04. The van der Waals surface area contributed by atoms with E-state index in [1.807, 2.05) is 0 Å². The molecule has 0 aliphatic carbocycles. The molecule has 0 aromatic carbocycles. The lowest BCUT2D eigenvalue weighted by atomic mass is 10.1. The summed E-state index contributed by atoms with van der Waals surface area (Å²) in [5.74, 6) is -1.52. The van der Waals surface area contributed by atoms with Crippen LogP contribution in [0.5, 0.6) is 0 Å². The number of nitrogens with one attached hydrogen (secondary N) is 1. The van der Waals surface area contributed by atoms with E-state index < -0.39 is 24.0 Å². The van der Waals surface area contributed by atoms with Crippen molar-refractivity contribution in [2.75, 3.05) is 0 Å². The molecule has 2 atom stereocenters. The Hall–Kier alpha value is -1.36. The lowest BCUT2D eigenvalue weighted by Gasteiger charge is -2.15. The minimum atomic E-state index is -1.08. The third-order valence-electron chi connectivity index (χ3n) is 1.79. The van der Waals surface area contributed by atoms with Gasteiger partial charge in [-0.05, 0) is 12.8 Å². The molecule has 4 N–H and O–H groups in total. The van der Waals surface area contributed by atoms with Crippen molar-refractivity contribution >= 4 is 11.9 Å².